The van der Waals surface area contributed by atoms with Gasteiger partial charge < -0.3 is 16.4 Å². The van der Waals surface area contributed by atoms with Crippen molar-refractivity contribution in [2.24, 2.45) is 11.7 Å². The lowest BCUT2D eigenvalue weighted by molar-refractivity contribution is -0.118. The first-order chi connectivity index (χ1) is 10.0. The summed E-state index contributed by atoms with van der Waals surface area (Å²) in [6, 6.07) is 2.70. The number of fused-ring (bicyclic) bond motifs is 1. The van der Waals surface area contributed by atoms with Gasteiger partial charge in [0.05, 0.1) is 11.6 Å². The van der Waals surface area contributed by atoms with E-state index in [9.17, 15) is 14.0 Å². The molecule has 0 spiro atoms. The number of carbonyl (C=O) groups is 2. The Morgan fingerprint density at radius 1 is 1.33 bits per heavy atom. The van der Waals surface area contributed by atoms with Crippen molar-refractivity contribution >= 4 is 23.2 Å². The van der Waals surface area contributed by atoms with Gasteiger partial charge in [-0.15, -0.1) is 0 Å². The monoisotopic (exact) mass is 289 g/mol. The molecule has 3 rings (SSSR count). The lowest BCUT2D eigenvalue weighted by Gasteiger charge is -2.19. The molecule has 6 heteroatoms. The lowest BCUT2D eigenvalue weighted by Crippen LogP contribution is -2.25. The highest BCUT2D eigenvalue weighted by Gasteiger charge is 2.24. The fourth-order valence-corrected chi connectivity index (χ4v) is 2.64. The smallest absolute Gasteiger partial charge is 0.231 e. The second-order valence-corrected chi connectivity index (χ2v) is 5.42. The maximum atomic E-state index is 14.0. The number of carbonyl (C=O) groups excluding carboxylic acids is 2. The van der Waals surface area contributed by atoms with Crippen LogP contribution in [0.2, 0.25) is 0 Å². The second kappa shape index (κ2) is 5.29. The molecule has 0 saturated heterocycles. The van der Waals surface area contributed by atoms with Gasteiger partial charge in [-0.1, -0.05) is 12.2 Å². The molecule has 2 aliphatic rings. The second-order valence-electron chi connectivity index (χ2n) is 5.42. The number of hydrogen-bond donors (Lipinski definition) is 3. The molecule has 0 radical (unpaired) electrons. The summed E-state index contributed by atoms with van der Waals surface area (Å²) in [5.74, 6) is -1.23. The van der Waals surface area contributed by atoms with E-state index < -0.39 is 5.82 Å². The first-order valence-electron chi connectivity index (χ1n) is 6.90. The van der Waals surface area contributed by atoms with Gasteiger partial charge in [-0.05, 0) is 30.5 Å². The molecule has 21 heavy (non-hydrogen) atoms. The summed E-state index contributed by atoms with van der Waals surface area (Å²) in [4.78, 5) is 23.4. The quantitative estimate of drug-likeness (QED) is 0.722. The highest BCUT2D eigenvalue weighted by molar-refractivity contribution is 5.97. The third-order valence-electron chi connectivity index (χ3n) is 3.80. The Hall–Kier alpha value is -2.21. The summed E-state index contributed by atoms with van der Waals surface area (Å²) in [5, 5.41) is 5.25. The highest BCUT2D eigenvalue weighted by Crippen LogP contribution is 2.29. The Balaban J connectivity index is 1.79. The van der Waals surface area contributed by atoms with Crippen molar-refractivity contribution < 1.29 is 14.0 Å². The molecular weight excluding hydrogens is 273 g/mol. The van der Waals surface area contributed by atoms with Crippen molar-refractivity contribution in [3.05, 3.63) is 35.7 Å². The zero-order valence-corrected chi connectivity index (χ0v) is 11.4. The van der Waals surface area contributed by atoms with E-state index in [0.29, 0.717) is 24.9 Å². The molecule has 0 bridgehead atoms. The Morgan fingerprint density at radius 3 is 2.86 bits per heavy atom. The van der Waals surface area contributed by atoms with Gasteiger partial charge in [-0.2, -0.15) is 0 Å². The number of halogens is 1. The minimum absolute atomic E-state index is 0.0785. The SMILES string of the molecule is NC1C=CC(C(=O)Nc2cc3c(cc2F)CCC(=O)N3)C1. The van der Waals surface area contributed by atoms with Gasteiger partial charge in [0, 0.05) is 18.2 Å². The Bertz CT molecular complexity index is 642. The summed E-state index contributed by atoms with van der Waals surface area (Å²) >= 11 is 0. The summed E-state index contributed by atoms with van der Waals surface area (Å²) in [6.45, 7) is 0. The summed E-state index contributed by atoms with van der Waals surface area (Å²) < 4.78 is 14.0. The molecule has 110 valence electrons. The summed E-state index contributed by atoms with van der Waals surface area (Å²) in [7, 11) is 0. The Labute approximate surface area is 121 Å². The number of nitrogens with two attached hydrogens (primary N) is 1. The van der Waals surface area contributed by atoms with Gasteiger partial charge in [0.2, 0.25) is 11.8 Å². The van der Waals surface area contributed by atoms with Crippen LogP contribution in [0.1, 0.15) is 18.4 Å². The van der Waals surface area contributed by atoms with Crippen molar-refractivity contribution in [3.63, 3.8) is 0 Å². The first kappa shape index (κ1) is 13.8. The van der Waals surface area contributed by atoms with Crippen LogP contribution in [0, 0.1) is 11.7 Å². The Morgan fingerprint density at radius 2 is 2.14 bits per heavy atom. The van der Waals surface area contributed by atoms with Crippen LogP contribution in [-0.2, 0) is 16.0 Å². The van der Waals surface area contributed by atoms with E-state index in [-0.39, 0.29) is 29.5 Å². The maximum absolute atomic E-state index is 14.0. The average Bonchev–Trinajstić information content (AvgIpc) is 2.87. The van der Waals surface area contributed by atoms with Crippen LogP contribution >= 0.6 is 0 Å². The molecule has 1 aromatic rings. The molecule has 0 saturated carbocycles. The normalized spacial score (nSPS) is 23.6. The van der Waals surface area contributed by atoms with Crippen molar-refractivity contribution in [1.82, 2.24) is 0 Å². The van der Waals surface area contributed by atoms with E-state index >= 15 is 0 Å². The minimum Gasteiger partial charge on any atom is -0.326 e. The molecule has 2 atom stereocenters. The van der Waals surface area contributed by atoms with E-state index in [1.807, 2.05) is 0 Å². The van der Waals surface area contributed by atoms with Crippen LogP contribution in [0.4, 0.5) is 15.8 Å². The van der Waals surface area contributed by atoms with Gasteiger partial charge in [0.1, 0.15) is 5.82 Å². The van der Waals surface area contributed by atoms with Crippen molar-refractivity contribution in [3.8, 4) is 0 Å². The van der Waals surface area contributed by atoms with Crippen LogP contribution in [0.3, 0.4) is 0 Å². The first-order valence-corrected chi connectivity index (χ1v) is 6.90. The maximum Gasteiger partial charge on any atom is 0.231 e. The van der Waals surface area contributed by atoms with E-state index in [1.165, 1.54) is 12.1 Å². The average molecular weight is 289 g/mol. The van der Waals surface area contributed by atoms with Gasteiger partial charge in [0.15, 0.2) is 0 Å². The molecule has 1 aromatic carbocycles. The molecule has 2 amide bonds. The molecule has 1 heterocycles. The van der Waals surface area contributed by atoms with Gasteiger partial charge in [-0.3, -0.25) is 9.59 Å². The molecule has 0 aromatic heterocycles. The van der Waals surface area contributed by atoms with E-state index in [2.05, 4.69) is 10.6 Å². The Kier molecular flexibility index (Phi) is 3.47. The molecule has 5 nitrogen and oxygen atoms in total. The lowest BCUT2D eigenvalue weighted by atomic mass is 10.0. The predicted octanol–water partition coefficient (Wildman–Crippen LogP) is 1.55. The molecule has 2 unspecified atom stereocenters. The van der Waals surface area contributed by atoms with E-state index in [0.717, 1.165) is 5.56 Å². The number of benzene rings is 1. The highest BCUT2D eigenvalue weighted by atomic mass is 19.1. The largest absolute Gasteiger partial charge is 0.326 e. The number of rotatable bonds is 2. The fourth-order valence-electron chi connectivity index (χ4n) is 2.64. The van der Waals surface area contributed by atoms with Crippen LogP contribution in [-0.4, -0.2) is 17.9 Å². The summed E-state index contributed by atoms with van der Waals surface area (Å²) in [5.41, 5.74) is 7.08. The molecular formula is C15H16FN3O2. The number of anilines is 2. The van der Waals surface area contributed by atoms with Crippen LogP contribution in [0.15, 0.2) is 24.3 Å². The zero-order valence-electron chi connectivity index (χ0n) is 11.4. The third kappa shape index (κ3) is 2.80. The van der Waals surface area contributed by atoms with Crippen LogP contribution in [0.5, 0.6) is 0 Å². The zero-order chi connectivity index (χ0) is 15.0. The number of amides is 2. The van der Waals surface area contributed by atoms with Crippen molar-refractivity contribution in [1.29, 1.82) is 0 Å². The molecule has 1 aliphatic carbocycles. The fraction of sp³-hybridized carbons (Fsp3) is 0.333. The predicted molar refractivity (Wildman–Crippen MR) is 77.2 cm³/mol. The van der Waals surface area contributed by atoms with E-state index in [4.69, 9.17) is 5.73 Å². The molecule has 1 aliphatic heterocycles. The van der Waals surface area contributed by atoms with Crippen LogP contribution in [0.25, 0.3) is 0 Å². The molecule has 0 fully saturated rings. The van der Waals surface area contributed by atoms with Gasteiger partial charge in [-0.25, -0.2) is 4.39 Å². The molecule has 4 N–H and O–H groups in total. The minimum atomic E-state index is -0.496. The topological polar surface area (TPSA) is 84.2 Å². The van der Waals surface area contributed by atoms with Crippen LogP contribution < -0.4 is 16.4 Å². The standard InChI is InChI=1S/C15H16FN3O2/c16-11-6-8-2-4-14(20)18-12(8)7-13(11)19-15(21)9-1-3-10(17)5-9/h1,3,6-7,9-10H,2,4-5,17H2,(H,18,20)(H,19,21). The van der Waals surface area contributed by atoms with Gasteiger partial charge in [0.25, 0.3) is 0 Å². The summed E-state index contributed by atoms with van der Waals surface area (Å²) in [6.07, 6.45) is 4.89. The number of nitrogens with one attached hydrogen (secondary N) is 2. The third-order valence-corrected chi connectivity index (χ3v) is 3.80. The van der Waals surface area contributed by atoms with Crippen molar-refractivity contribution in [2.45, 2.75) is 25.3 Å². The number of aryl methyl sites for hydroxylation is 1. The van der Waals surface area contributed by atoms with E-state index in [1.54, 1.807) is 12.2 Å². The van der Waals surface area contributed by atoms with Crippen molar-refractivity contribution in [2.75, 3.05) is 10.6 Å². The van der Waals surface area contributed by atoms with Gasteiger partial charge >= 0.3 is 0 Å². The number of hydrogen-bond acceptors (Lipinski definition) is 3.